The van der Waals surface area contributed by atoms with E-state index in [2.05, 4.69) is 10.6 Å². The number of halogens is 1. The Hall–Kier alpha value is -2.21. The van der Waals surface area contributed by atoms with E-state index in [-0.39, 0.29) is 22.8 Å². The Morgan fingerprint density at radius 1 is 1.29 bits per heavy atom. The number of piperidine rings is 1. The van der Waals surface area contributed by atoms with Gasteiger partial charge in [0.1, 0.15) is 11.4 Å². The fourth-order valence-electron chi connectivity index (χ4n) is 2.46. The normalized spacial score (nSPS) is 16.0. The number of rotatable bonds is 2. The van der Waals surface area contributed by atoms with Gasteiger partial charge in [-0.25, -0.2) is 4.39 Å². The summed E-state index contributed by atoms with van der Waals surface area (Å²) in [7, 11) is 0. The molecule has 2 heterocycles. The van der Waals surface area contributed by atoms with E-state index in [4.69, 9.17) is 4.42 Å². The molecule has 0 aliphatic carbocycles. The standard InChI is InChI=1S/C15H15FN2O3/c16-9-1-2-13-11(7-9)12(19)8-14(21-13)15(20)18-10-3-5-17-6-4-10/h1-2,7-8,10,17H,3-6H2,(H,18,20). The summed E-state index contributed by atoms with van der Waals surface area (Å²) in [6.45, 7) is 1.71. The Balaban J connectivity index is 1.88. The van der Waals surface area contributed by atoms with E-state index in [9.17, 15) is 14.0 Å². The summed E-state index contributed by atoms with van der Waals surface area (Å²) in [5, 5.41) is 6.19. The van der Waals surface area contributed by atoms with Gasteiger partial charge in [0.2, 0.25) is 0 Å². The predicted octanol–water partition coefficient (Wildman–Crippen LogP) is 1.41. The van der Waals surface area contributed by atoms with Crippen molar-refractivity contribution in [2.24, 2.45) is 0 Å². The molecule has 0 bridgehead atoms. The molecular weight excluding hydrogens is 275 g/mol. The SMILES string of the molecule is O=C(NC1CCNCC1)c1cc(=O)c2cc(F)ccc2o1. The van der Waals surface area contributed by atoms with Crippen molar-refractivity contribution >= 4 is 16.9 Å². The van der Waals surface area contributed by atoms with Crippen LogP contribution in [-0.2, 0) is 0 Å². The van der Waals surface area contributed by atoms with Gasteiger partial charge in [-0.15, -0.1) is 0 Å². The van der Waals surface area contributed by atoms with Gasteiger partial charge in [-0.1, -0.05) is 0 Å². The quantitative estimate of drug-likeness (QED) is 0.877. The minimum absolute atomic E-state index is 0.0439. The molecule has 0 spiro atoms. The average Bonchev–Trinajstić information content (AvgIpc) is 2.49. The highest BCUT2D eigenvalue weighted by Gasteiger charge is 2.19. The van der Waals surface area contributed by atoms with Gasteiger partial charge in [-0.2, -0.15) is 0 Å². The number of nitrogens with one attached hydrogen (secondary N) is 2. The maximum absolute atomic E-state index is 13.1. The molecule has 2 aromatic rings. The molecule has 0 unspecified atom stereocenters. The van der Waals surface area contributed by atoms with Crippen molar-refractivity contribution in [3.8, 4) is 0 Å². The third-order valence-electron chi connectivity index (χ3n) is 3.59. The molecule has 0 atom stereocenters. The largest absolute Gasteiger partial charge is 0.451 e. The minimum atomic E-state index is -0.512. The summed E-state index contributed by atoms with van der Waals surface area (Å²) in [4.78, 5) is 24.1. The number of hydrogen-bond acceptors (Lipinski definition) is 4. The molecule has 5 nitrogen and oxygen atoms in total. The Morgan fingerprint density at radius 2 is 2.05 bits per heavy atom. The summed E-state index contributed by atoms with van der Waals surface area (Å²) < 4.78 is 18.5. The molecule has 2 N–H and O–H groups in total. The molecule has 6 heteroatoms. The van der Waals surface area contributed by atoms with Crippen LogP contribution < -0.4 is 16.1 Å². The first kappa shape index (κ1) is 13.8. The van der Waals surface area contributed by atoms with Crippen molar-refractivity contribution in [3.63, 3.8) is 0 Å². The van der Waals surface area contributed by atoms with Gasteiger partial charge in [0.05, 0.1) is 5.39 Å². The lowest BCUT2D eigenvalue weighted by atomic mass is 10.1. The van der Waals surface area contributed by atoms with Crippen molar-refractivity contribution in [3.05, 3.63) is 46.1 Å². The van der Waals surface area contributed by atoms with Crippen LogP contribution in [0.1, 0.15) is 23.4 Å². The van der Waals surface area contributed by atoms with Gasteiger partial charge in [0.15, 0.2) is 11.2 Å². The fourth-order valence-corrected chi connectivity index (χ4v) is 2.46. The lowest BCUT2D eigenvalue weighted by molar-refractivity contribution is 0.0902. The lowest BCUT2D eigenvalue weighted by Crippen LogP contribution is -2.42. The second kappa shape index (κ2) is 5.65. The van der Waals surface area contributed by atoms with E-state index in [1.54, 1.807) is 0 Å². The van der Waals surface area contributed by atoms with E-state index in [0.29, 0.717) is 0 Å². The summed E-state index contributed by atoms with van der Waals surface area (Å²) in [6.07, 6.45) is 1.68. The molecule has 3 rings (SSSR count). The van der Waals surface area contributed by atoms with Crippen molar-refractivity contribution < 1.29 is 13.6 Å². The molecule has 0 radical (unpaired) electrons. The van der Waals surface area contributed by atoms with Crippen molar-refractivity contribution in [1.82, 2.24) is 10.6 Å². The van der Waals surface area contributed by atoms with Crippen LogP contribution in [0.25, 0.3) is 11.0 Å². The molecule has 1 fully saturated rings. The molecule has 1 aromatic heterocycles. The first-order valence-electron chi connectivity index (χ1n) is 6.88. The van der Waals surface area contributed by atoms with E-state index in [1.165, 1.54) is 12.1 Å². The van der Waals surface area contributed by atoms with E-state index < -0.39 is 17.2 Å². The summed E-state index contributed by atoms with van der Waals surface area (Å²) in [5.74, 6) is -0.968. The highest BCUT2D eigenvalue weighted by atomic mass is 19.1. The third kappa shape index (κ3) is 2.95. The molecule has 1 aliphatic rings. The van der Waals surface area contributed by atoms with Gasteiger partial charge in [0, 0.05) is 12.1 Å². The van der Waals surface area contributed by atoms with Crippen LogP contribution >= 0.6 is 0 Å². The van der Waals surface area contributed by atoms with Crippen LogP contribution in [0, 0.1) is 5.82 Å². The maximum Gasteiger partial charge on any atom is 0.287 e. The number of carbonyl (C=O) groups excluding carboxylic acids is 1. The zero-order valence-electron chi connectivity index (χ0n) is 11.3. The number of fused-ring (bicyclic) bond motifs is 1. The number of benzene rings is 1. The molecular formula is C15H15FN2O3. The zero-order valence-corrected chi connectivity index (χ0v) is 11.3. The van der Waals surface area contributed by atoms with Crippen LogP contribution in [0.3, 0.4) is 0 Å². The van der Waals surface area contributed by atoms with Gasteiger partial charge >= 0.3 is 0 Å². The van der Waals surface area contributed by atoms with Crippen molar-refractivity contribution in [2.75, 3.05) is 13.1 Å². The summed E-state index contributed by atoms with van der Waals surface area (Å²) in [6, 6.07) is 4.84. The van der Waals surface area contributed by atoms with Gasteiger partial charge in [0.25, 0.3) is 5.91 Å². The van der Waals surface area contributed by atoms with E-state index in [1.807, 2.05) is 0 Å². The highest BCUT2D eigenvalue weighted by molar-refractivity contribution is 5.93. The molecule has 1 aliphatic heterocycles. The van der Waals surface area contributed by atoms with Crippen LogP contribution in [-0.4, -0.2) is 25.0 Å². The van der Waals surface area contributed by atoms with Gasteiger partial charge in [-0.3, -0.25) is 9.59 Å². The van der Waals surface area contributed by atoms with Gasteiger partial charge in [-0.05, 0) is 44.1 Å². The topological polar surface area (TPSA) is 71.3 Å². The Morgan fingerprint density at radius 3 is 2.81 bits per heavy atom. The predicted molar refractivity (Wildman–Crippen MR) is 75.8 cm³/mol. The lowest BCUT2D eigenvalue weighted by Gasteiger charge is -2.23. The summed E-state index contributed by atoms with van der Waals surface area (Å²) >= 11 is 0. The zero-order chi connectivity index (χ0) is 14.8. The second-order valence-corrected chi connectivity index (χ2v) is 5.11. The highest BCUT2D eigenvalue weighted by Crippen LogP contribution is 2.14. The van der Waals surface area contributed by atoms with Crippen molar-refractivity contribution in [2.45, 2.75) is 18.9 Å². The second-order valence-electron chi connectivity index (χ2n) is 5.11. The van der Waals surface area contributed by atoms with Crippen LogP contribution in [0.5, 0.6) is 0 Å². The average molecular weight is 290 g/mol. The first-order valence-corrected chi connectivity index (χ1v) is 6.88. The smallest absolute Gasteiger partial charge is 0.287 e. The Labute approximate surface area is 120 Å². The minimum Gasteiger partial charge on any atom is -0.451 e. The van der Waals surface area contributed by atoms with Crippen LogP contribution in [0.4, 0.5) is 4.39 Å². The van der Waals surface area contributed by atoms with Crippen LogP contribution in [0.15, 0.2) is 33.5 Å². The Kier molecular flexibility index (Phi) is 3.70. The van der Waals surface area contributed by atoms with Gasteiger partial charge < -0.3 is 15.1 Å². The first-order chi connectivity index (χ1) is 10.1. The molecule has 110 valence electrons. The maximum atomic E-state index is 13.1. The molecule has 1 saturated heterocycles. The molecule has 21 heavy (non-hydrogen) atoms. The van der Waals surface area contributed by atoms with E-state index in [0.717, 1.165) is 38.1 Å². The number of amides is 1. The van der Waals surface area contributed by atoms with E-state index >= 15 is 0 Å². The molecule has 1 aromatic carbocycles. The number of carbonyl (C=O) groups is 1. The van der Waals surface area contributed by atoms with Crippen LogP contribution in [0.2, 0.25) is 0 Å². The number of hydrogen-bond donors (Lipinski definition) is 2. The third-order valence-corrected chi connectivity index (χ3v) is 3.59. The summed E-state index contributed by atoms with van der Waals surface area (Å²) in [5.41, 5.74) is -0.217. The fraction of sp³-hybridized carbons (Fsp3) is 0.333. The monoisotopic (exact) mass is 290 g/mol. The molecule has 0 saturated carbocycles. The molecule has 1 amide bonds. The Bertz CT molecular complexity index is 735. The van der Waals surface area contributed by atoms with Crippen molar-refractivity contribution in [1.29, 1.82) is 0 Å².